The average Bonchev–Trinajstić information content (AvgIpc) is 2.70. The molecule has 3 nitrogen and oxygen atoms in total. The Morgan fingerprint density at radius 2 is 1.59 bits per heavy atom. The number of esters is 1. The lowest BCUT2D eigenvalue weighted by Crippen LogP contribution is -2.06. The Morgan fingerprint density at radius 3 is 2.22 bits per heavy atom. The van der Waals surface area contributed by atoms with E-state index in [0.29, 0.717) is 12.2 Å². The third-order valence-corrected chi connectivity index (χ3v) is 4.16. The molecular weight excluding hydrogens is 334 g/mol. The van der Waals surface area contributed by atoms with E-state index in [-0.39, 0.29) is 5.97 Å². The van der Waals surface area contributed by atoms with Crippen molar-refractivity contribution in [2.24, 2.45) is 0 Å². The van der Waals surface area contributed by atoms with Crippen LogP contribution in [0.1, 0.15) is 81.5 Å². The lowest BCUT2D eigenvalue weighted by molar-refractivity contribution is 0.0497. The van der Waals surface area contributed by atoms with Gasteiger partial charge in [0.1, 0.15) is 0 Å². The van der Waals surface area contributed by atoms with E-state index in [9.17, 15) is 4.79 Å². The van der Waals surface area contributed by atoms with Gasteiger partial charge in [-0.2, -0.15) is 0 Å². The van der Waals surface area contributed by atoms with Crippen LogP contribution in [0.5, 0.6) is 0 Å². The molecule has 0 aliphatic rings. The summed E-state index contributed by atoms with van der Waals surface area (Å²) in [6, 6.07) is 3.46. The molecule has 0 unspecified atom stereocenters. The Kier molecular flexibility index (Phi) is 14.6. The van der Waals surface area contributed by atoms with Gasteiger partial charge in [-0.3, -0.25) is 4.98 Å². The van der Waals surface area contributed by atoms with Crippen LogP contribution in [-0.4, -0.2) is 17.6 Å². The van der Waals surface area contributed by atoms with Crippen molar-refractivity contribution in [2.45, 2.75) is 71.1 Å². The van der Waals surface area contributed by atoms with Crippen LogP contribution in [0, 0.1) is 0 Å². The number of pyridine rings is 1. The molecule has 1 aromatic heterocycles. The minimum absolute atomic E-state index is 0.286. The predicted molar refractivity (Wildman–Crippen MR) is 114 cm³/mol. The van der Waals surface area contributed by atoms with Crippen molar-refractivity contribution in [3.8, 4) is 0 Å². The van der Waals surface area contributed by atoms with E-state index >= 15 is 0 Å². The largest absolute Gasteiger partial charge is 0.462 e. The van der Waals surface area contributed by atoms with Crippen molar-refractivity contribution < 1.29 is 9.53 Å². The first-order valence-electron chi connectivity index (χ1n) is 10.4. The summed E-state index contributed by atoms with van der Waals surface area (Å²) < 4.78 is 5.24. The molecule has 0 fully saturated rings. The minimum Gasteiger partial charge on any atom is -0.462 e. The number of ether oxygens (including phenoxy) is 1. The van der Waals surface area contributed by atoms with Crippen molar-refractivity contribution in [3.05, 3.63) is 66.5 Å². The van der Waals surface area contributed by atoms with Crippen LogP contribution < -0.4 is 0 Å². The number of aromatic nitrogens is 1. The molecule has 0 radical (unpaired) electrons. The van der Waals surface area contributed by atoms with E-state index < -0.39 is 0 Å². The van der Waals surface area contributed by atoms with E-state index in [1.165, 1.54) is 31.9 Å². The van der Waals surface area contributed by atoms with Crippen LogP contribution in [0.15, 0.2) is 61.0 Å². The van der Waals surface area contributed by atoms with Gasteiger partial charge in [-0.05, 0) is 63.5 Å². The summed E-state index contributed by atoms with van der Waals surface area (Å²) >= 11 is 0. The van der Waals surface area contributed by atoms with Crippen molar-refractivity contribution >= 4 is 5.97 Å². The molecule has 0 spiro atoms. The summed E-state index contributed by atoms with van der Waals surface area (Å²) in [5.41, 5.74) is 0.514. The molecule has 0 saturated heterocycles. The number of carbonyl (C=O) groups is 1. The maximum atomic E-state index is 11.7. The fourth-order valence-corrected chi connectivity index (χ4v) is 2.56. The Balaban J connectivity index is 1.90. The summed E-state index contributed by atoms with van der Waals surface area (Å²) in [6.45, 7) is 2.72. The van der Waals surface area contributed by atoms with Gasteiger partial charge in [0.05, 0.1) is 12.2 Å². The Bertz CT molecular complexity index is 561. The Morgan fingerprint density at radius 1 is 0.926 bits per heavy atom. The van der Waals surface area contributed by atoms with Crippen LogP contribution in [0.3, 0.4) is 0 Å². The second kappa shape index (κ2) is 17.3. The van der Waals surface area contributed by atoms with Crippen LogP contribution in [-0.2, 0) is 4.74 Å². The highest BCUT2D eigenvalue weighted by molar-refractivity contribution is 5.88. The van der Waals surface area contributed by atoms with Crippen molar-refractivity contribution in [1.82, 2.24) is 4.98 Å². The number of allylic oxidation sites excluding steroid dienone is 6. The molecule has 1 aromatic rings. The fraction of sp³-hybridized carbons (Fsp3) is 0.500. The number of hydrogen-bond acceptors (Lipinski definition) is 3. The van der Waals surface area contributed by atoms with Gasteiger partial charge in [0.2, 0.25) is 0 Å². The second-order valence-electron chi connectivity index (χ2n) is 6.61. The summed E-state index contributed by atoms with van der Waals surface area (Å²) in [5, 5.41) is 0. The number of unbranched alkanes of at least 4 members (excludes halogenated alkanes) is 6. The molecule has 0 amide bonds. The Hall–Kier alpha value is -2.16. The lowest BCUT2D eigenvalue weighted by atomic mass is 10.2. The number of rotatable bonds is 15. The van der Waals surface area contributed by atoms with E-state index in [2.05, 4.69) is 48.4 Å². The zero-order valence-electron chi connectivity index (χ0n) is 16.8. The molecule has 0 atom stereocenters. The third-order valence-electron chi connectivity index (χ3n) is 4.16. The predicted octanol–water partition coefficient (Wildman–Crippen LogP) is 6.83. The van der Waals surface area contributed by atoms with E-state index in [0.717, 1.165) is 38.5 Å². The first kappa shape index (κ1) is 22.9. The van der Waals surface area contributed by atoms with E-state index in [4.69, 9.17) is 4.74 Å². The number of nitrogens with zero attached hydrogens (tertiary/aromatic N) is 1. The van der Waals surface area contributed by atoms with E-state index in [1.54, 1.807) is 18.3 Å². The van der Waals surface area contributed by atoms with Gasteiger partial charge in [-0.25, -0.2) is 4.79 Å². The zero-order valence-corrected chi connectivity index (χ0v) is 16.8. The molecule has 1 heterocycles. The van der Waals surface area contributed by atoms with Crippen LogP contribution in [0.4, 0.5) is 0 Å². The van der Waals surface area contributed by atoms with Gasteiger partial charge < -0.3 is 4.74 Å². The van der Waals surface area contributed by atoms with Gasteiger partial charge >= 0.3 is 5.97 Å². The normalized spacial score (nSPS) is 11.7. The van der Waals surface area contributed by atoms with Crippen molar-refractivity contribution in [1.29, 1.82) is 0 Å². The minimum atomic E-state index is -0.286. The molecule has 1 rings (SSSR count). The summed E-state index contributed by atoms with van der Waals surface area (Å²) in [7, 11) is 0. The van der Waals surface area contributed by atoms with Gasteiger partial charge in [-0.1, -0.05) is 56.2 Å². The third kappa shape index (κ3) is 13.7. The monoisotopic (exact) mass is 369 g/mol. The molecule has 0 aliphatic heterocycles. The standard InChI is InChI=1S/C24H35NO2/c1-2-3-4-5-6-7-8-9-10-11-12-13-14-15-16-17-21-27-24(26)23-19-18-20-25-22-23/h6-7,9-10,12-13,18-20,22H,2-5,8,11,14-17,21H2,1H3/b7-6-,10-9-,13-12-. The smallest absolute Gasteiger partial charge is 0.339 e. The molecule has 0 saturated carbocycles. The molecule has 148 valence electrons. The first-order chi connectivity index (χ1) is 13.3. The molecule has 0 bridgehead atoms. The molecule has 3 heteroatoms. The van der Waals surface area contributed by atoms with Crippen molar-refractivity contribution in [3.63, 3.8) is 0 Å². The second-order valence-corrected chi connectivity index (χ2v) is 6.61. The highest BCUT2D eigenvalue weighted by atomic mass is 16.5. The topological polar surface area (TPSA) is 39.2 Å². The quantitative estimate of drug-likeness (QED) is 0.193. The highest BCUT2D eigenvalue weighted by Gasteiger charge is 2.05. The molecular formula is C24H35NO2. The maximum absolute atomic E-state index is 11.7. The van der Waals surface area contributed by atoms with Gasteiger partial charge in [0.15, 0.2) is 0 Å². The van der Waals surface area contributed by atoms with Crippen LogP contribution in [0.2, 0.25) is 0 Å². The number of hydrogen-bond donors (Lipinski definition) is 0. The molecule has 0 N–H and O–H groups in total. The van der Waals surface area contributed by atoms with Gasteiger partial charge in [-0.15, -0.1) is 0 Å². The first-order valence-corrected chi connectivity index (χ1v) is 10.4. The summed E-state index contributed by atoms with van der Waals surface area (Å²) in [4.78, 5) is 15.6. The SMILES string of the molecule is CCCCC/C=C\C/C=C\C/C=C\CCCCCOC(=O)c1cccnc1. The molecule has 27 heavy (non-hydrogen) atoms. The summed E-state index contributed by atoms with van der Waals surface area (Å²) in [6.07, 6.45) is 28.1. The van der Waals surface area contributed by atoms with Gasteiger partial charge in [0, 0.05) is 12.4 Å². The number of carbonyl (C=O) groups excluding carboxylic acids is 1. The van der Waals surface area contributed by atoms with Crippen LogP contribution >= 0.6 is 0 Å². The zero-order chi connectivity index (χ0) is 19.4. The average molecular weight is 370 g/mol. The Labute approximate surface area is 165 Å². The molecule has 0 aromatic carbocycles. The van der Waals surface area contributed by atoms with Crippen molar-refractivity contribution in [2.75, 3.05) is 6.61 Å². The molecule has 0 aliphatic carbocycles. The summed E-state index contributed by atoms with van der Waals surface area (Å²) in [5.74, 6) is -0.286. The fourth-order valence-electron chi connectivity index (χ4n) is 2.56. The van der Waals surface area contributed by atoms with Gasteiger partial charge in [0.25, 0.3) is 0 Å². The van der Waals surface area contributed by atoms with E-state index in [1.807, 2.05) is 0 Å². The highest BCUT2D eigenvalue weighted by Crippen LogP contribution is 2.05. The lowest BCUT2D eigenvalue weighted by Gasteiger charge is -2.03. The maximum Gasteiger partial charge on any atom is 0.339 e. The van der Waals surface area contributed by atoms with Crippen LogP contribution in [0.25, 0.3) is 0 Å².